The van der Waals surface area contributed by atoms with Crippen molar-refractivity contribution < 1.29 is 8.42 Å². The van der Waals surface area contributed by atoms with Gasteiger partial charge in [0, 0.05) is 13.1 Å². The summed E-state index contributed by atoms with van der Waals surface area (Å²) in [4.78, 5) is 4.75. The van der Waals surface area contributed by atoms with Crippen LogP contribution in [-0.2, 0) is 10.0 Å². The van der Waals surface area contributed by atoms with Crippen LogP contribution in [0.25, 0.3) is 0 Å². The molecule has 2 aliphatic rings. The molecule has 0 aliphatic carbocycles. The summed E-state index contributed by atoms with van der Waals surface area (Å²) in [7, 11) is -3.37. The molecule has 2 fully saturated rings. The normalized spacial score (nSPS) is 28.3. The van der Waals surface area contributed by atoms with Crippen molar-refractivity contribution in [3.05, 3.63) is 29.8 Å². The van der Waals surface area contributed by atoms with Crippen LogP contribution in [0.5, 0.6) is 0 Å². The largest absolute Gasteiger partial charge is 0.276 e. The molecule has 2 atom stereocenters. The maximum Gasteiger partial charge on any atom is 0.245 e. The van der Waals surface area contributed by atoms with Gasteiger partial charge in [0.15, 0.2) is 0 Å². The molecule has 2 unspecified atom stereocenters. The maximum atomic E-state index is 12.6. The average molecular weight is 281 g/mol. The summed E-state index contributed by atoms with van der Waals surface area (Å²) in [5.74, 6) is 0. The van der Waals surface area contributed by atoms with Crippen molar-refractivity contribution in [2.75, 3.05) is 33.1 Å². The van der Waals surface area contributed by atoms with Crippen molar-refractivity contribution in [3.8, 4) is 0 Å². The zero-order valence-corrected chi connectivity index (χ0v) is 11.9. The molecule has 19 heavy (non-hydrogen) atoms. The summed E-state index contributed by atoms with van der Waals surface area (Å²) in [6.07, 6.45) is 1.12. The van der Waals surface area contributed by atoms with Crippen molar-refractivity contribution in [1.82, 2.24) is 14.1 Å². The lowest BCUT2D eigenvalue weighted by Gasteiger charge is -2.44. The molecule has 2 bridgehead atoms. The Balaban J connectivity index is 1.86. The van der Waals surface area contributed by atoms with Crippen molar-refractivity contribution in [3.63, 3.8) is 0 Å². The van der Waals surface area contributed by atoms with Gasteiger partial charge in [-0.15, -0.1) is 0 Å². The summed E-state index contributed by atoms with van der Waals surface area (Å²) >= 11 is 0. The Bertz CT molecular complexity index is 544. The van der Waals surface area contributed by atoms with Crippen LogP contribution < -0.4 is 0 Å². The van der Waals surface area contributed by atoms with Crippen LogP contribution in [0.3, 0.4) is 0 Å². The lowest BCUT2D eigenvalue weighted by molar-refractivity contribution is -0.0179. The summed E-state index contributed by atoms with van der Waals surface area (Å²) in [6, 6.07) is 7.08. The molecule has 2 saturated heterocycles. The molecule has 0 radical (unpaired) electrons. The summed E-state index contributed by atoms with van der Waals surface area (Å²) < 4.78 is 26.8. The van der Waals surface area contributed by atoms with E-state index in [1.54, 1.807) is 16.4 Å². The molecule has 104 valence electrons. The second-order valence-electron chi connectivity index (χ2n) is 5.34. The number of hydrogen-bond acceptors (Lipinski definition) is 4. The van der Waals surface area contributed by atoms with Gasteiger partial charge in [-0.05, 0) is 25.5 Å². The summed E-state index contributed by atoms with van der Waals surface area (Å²) in [5.41, 5.74) is 1.07. The number of hydrogen-bond donors (Lipinski definition) is 0. The lowest BCUT2D eigenvalue weighted by atomic mass is 10.2. The number of aryl methyl sites for hydroxylation is 1. The molecular weight excluding hydrogens is 262 g/mol. The van der Waals surface area contributed by atoms with Gasteiger partial charge in [0.2, 0.25) is 10.0 Å². The summed E-state index contributed by atoms with van der Waals surface area (Å²) in [6.45, 7) is 5.82. The predicted octanol–water partition coefficient (Wildman–Crippen LogP) is 0.880. The molecule has 0 amide bonds. The highest BCUT2D eigenvalue weighted by Crippen LogP contribution is 2.21. The fourth-order valence-corrected chi connectivity index (χ4v) is 4.08. The zero-order chi connectivity index (χ0) is 13.5. The third-order valence-electron chi connectivity index (χ3n) is 3.72. The number of sulfonamides is 1. The van der Waals surface area contributed by atoms with Crippen molar-refractivity contribution in [1.29, 1.82) is 0 Å². The Morgan fingerprint density at radius 2 is 1.53 bits per heavy atom. The first-order valence-electron chi connectivity index (χ1n) is 6.57. The quantitative estimate of drug-likeness (QED) is 0.807. The molecular formula is C13H19N3O2S. The molecule has 1 aromatic carbocycles. The van der Waals surface area contributed by atoms with Gasteiger partial charge in [-0.25, -0.2) is 8.42 Å². The van der Waals surface area contributed by atoms with Gasteiger partial charge in [0.05, 0.1) is 24.9 Å². The van der Waals surface area contributed by atoms with Crippen molar-refractivity contribution in [2.24, 2.45) is 0 Å². The van der Waals surface area contributed by atoms with E-state index in [2.05, 4.69) is 9.80 Å². The molecule has 0 N–H and O–H groups in total. The third-order valence-corrected chi connectivity index (χ3v) is 5.50. The maximum absolute atomic E-state index is 12.6. The Kier molecular flexibility index (Phi) is 3.34. The predicted molar refractivity (Wildman–Crippen MR) is 72.8 cm³/mol. The first-order valence-corrected chi connectivity index (χ1v) is 8.01. The van der Waals surface area contributed by atoms with Gasteiger partial charge in [0.1, 0.15) is 0 Å². The first kappa shape index (κ1) is 13.1. The molecule has 0 spiro atoms. The standard InChI is InChI=1S/C13H19N3O2S/c1-12-3-5-13(6-4-12)19(17,18)16-10-14-7-2-8-15(9-14)11-16/h3-6H,2,7-11H2,1H3. The van der Waals surface area contributed by atoms with Gasteiger partial charge >= 0.3 is 0 Å². The van der Waals surface area contributed by atoms with E-state index in [-0.39, 0.29) is 0 Å². The Hall–Kier alpha value is -0.950. The molecule has 0 aromatic heterocycles. The zero-order valence-electron chi connectivity index (χ0n) is 11.1. The smallest absolute Gasteiger partial charge is 0.245 e. The van der Waals surface area contributed by atoms with Gasteiger partial charge in [-0.1, -0.05) is 17.7 Å². The van der Waals surface area contributed by atoms with Gasteiger partial charge in [0.25, 0.3) is 0 Å². The minimum Gasteiger partial charge on any atom is -0.276 e. The lowest BCUT2D eigenvalue weighted by Crippen LogP contribution is -2.59. The fourth-order valence-electron chi connectivity index (χ4n) is 2.68. The van der Waals surface area contributed by atoms with E-state index >= 15 is 0 Å². The minimum absolute atomic E-state index is 0.389. The van der Waals surface area contributed by atoms with Gasteiger partial charge in [-0.3, -0.25) is 9.80 Å². The van der Waals surface area contributed by atoms with Crippen LogP contribution in [0.2, 0.25) is 0 Å². The van der Waals surface area contributed by atoms with Crippen LogP contribution in [0.1, 0.15) is 12.0 Å². The number of nitrogens with zero attached hydrogens (tertiary/aromatic N) is 3. The first-order chi connectivity index (χ1) is 9.05. The van der Waals surface area contributed by atoms with Crippen LogP contribution in [-0.4, -0.2) is 55.6 Å². The highest BCUT2D eigenvalue weighted by atomic mass is 32.2. The Labute approximate surface area is 114 Å². The molecule has 0 saturated carbocycles. The highest BCUT2D eigenvalue weighted by molar-refractivity contribution is 7.89. The van der Waals surface area contributed by atoms with Crippen LogP contribution >= 0.6 is 0 Å². The van der Waals surface area contributed by atoms with E-state index in [9.17, 15) is 8.42 Å². The van der Waals surface area contributed by atoms with Crippen LogP contribution in [0.4, 0.5) is 0 Å². The molecule has 2 aliphatic heterocycles. The summed E-state index contributed by atoms with van der Waals surface area (Å²) in [5, 5.41) is 0. The Morgan fingerprint density at radius 3 is 2.11 bits per heavy atom. The second-order valence-corrected chi connectivity index (χ2v) is 7.27. The molecule has 3 rings (SSSR count). The fraction of sp³-hybridized carbons (Fsp3) is 0.538. The average Bonchev–Trinajstić information content (AvgIpc) is 2.38. The van der Waals surface area contributed by atoms with Gasteiger partial charge < -0.3 is 0 Å². The molecule has 2 heterocycles. The molecule has 1 aromatic rings. The van der Waals surface area contributed by atoms with Crippen LogP contribution in [0.15, 0.2) is 29.2 Å². The van der Waals surface area contributed by atoms with E-state index in [0.717, 1.165) is 31.7 Å². The van der Waals surface area contributed by atoms with E-state index in [1.807, 2.05) is 19.1 Å². The molecule has 5 nitrogen and oxygen atoms in total. The Morgan fingerprint density at radius 1 is 0.947 bits per heavy atom. The second kappa shape index (κ2) is 4.86. The van der Waals surface area contributed by atoms with E-state index in [4.69, 9.17) is 0 Å². The number of benzene rings is 1. The number of fused-ring (bicyclic) bond motifs is 2. The van der Waals surface area contributed by atoms with Crippen LogP contribution in [0, 0.1) is 6.92 Å². The van der Waals surface area contributed by atoms with Gasteiger partial charge in [-0.2, -0.15) is 4.31 Å². The minimum atomic E-state index is -3.37. The monoisotopic (exact) mass is 281 g/mol. The van der Waals surface area contributed by atoms with Crippen molar-refractivity contribution >= 4 is 10.0 Å². The SMILES string of the molecule is Cc1ccc(S(=O)(=O)N2CN3CCCN(C3)C2)cc1. The highest BCUT2D eigenvalue weighted by Gasteiger charge is 2.34. The number of rotatable bonds is 2. The third kappa shape index (κ3) is 2.53. The van der Waals surface area contributed by atoms with E-state index in [1.165, 1.54) is 0 Å². The topological polar surface area (TPSA) is 43.9 Å². The van der Waals surface area contributed by atoms with Crippen molar-refractivity contribution in [2.45, 2.75) is 18.2 Å². The molecule has 6 heteroatoms. The van der Waals surface area contributed by atoms with E-state index < -0.39 is 10.0 Å². The van der Waals surface area contributed by atoms with E-state index in [0.29, 0.717) is 18.2 Å².